The molecule has 9 heteroatoms. The van der Waals surface area contributed by atoms with Gasteiger partial charge in [-0.1, -0.05) is 35.3 Å². The van der Waals surface area contributed by atoms with E-state index in [2.05, 4.69) is 16.0 Å². The van der Waals surface area contributed by atoms with E-state index in [1.807, 2.05) is 23.5 Å². The maximum Gasteiger partial charge on any atom is 0.147 e. The summed E-state index contributed by atoms with van der Waals surface area (Å²) >= 11 is 12.8. The van der Waals surface area contributed by atoms with Gasteiger partial charge in [-0.3, -0.25) is 4.40 Å². The number of piperidine rings is 1. The zero-order chi connectivity index (χ0) is 23.3. The molecule has 0 bridgehead atoms. The van der Waals surface area contributed by atoms with Gasteiger partial charge in [-0.25, -0.2) is 4.98 Å². The average Bonchev–Trinajstić information content (AvgIpc) is 3.38. The molecule has 2 saturated heterocycles. The summed E-state index contributed by atoms with van der Waals surface area (Å²) in [4.78, 5) is 6.81. The van der Waals surface area contributed by atoms with E-state index in [1.54, 1.807) is 18.3 Å². The second-order valence-electron chi connectivity index (χ2n) is 8.96. The largest absolute Gasteiger partial charge is 0.390 e. The second-order valence-corrected chi connectivity index (χ2v) is 9.75. The smallest absolute Gasteiger partial charge is 0.147 e. The number of pyridine rings is 1. The number of hydrogen-bond acceptors (Lipinski definition) is 6. The van der Waals surface area contributed by atoms with Gasteiger partial charge in [0.2, 0.25) is 0 Å². The maximum absolute atomic E-state index is 10.1. The van der Waals surface area contributed by atoms with Crippen LogP contribution in [-0.2, 0) is 11.3 Å². The molecule has 2 aliphatic rings. The number of nitrogens with zero attached hydrogens (tertiary/aromatic N) is 4. The van der Waals surface area contributed by atoms with E-state index in [1.165, 1.54) is 0 Å². The molecule has 1 aromatic carbocycles. The van der Waals surface area contributed by atoms with Crippen molar-refractivity contribution in [2.45, 2.75) is 38.5 Å². The summed E-state index contributed by atoms with van der Waals surface area (Å²) in [5.41, 5.74) is 9.35. The van der Waals surface area contributed by atoms with Crippen LogP contribution in [0.2, 0.25) is 10.0 Å². The van der Waals surface area contributed by atoms with E-state index >= 15 is 0 Å². The fraction of sp³-hybridized carbons (Fsp3) is 0.417. The van der Waals surface area contributed by atoms with Gasteiger partial charge in [0.25, 0.3) is 0 Å². The minimum Gasteiger partial charge on any atom is -0.390 e. The number of aliphatic hydroxyl groups is 1. The molecule has 3 N–H and O–H groups in total. The lowest BCUT2D eigenvalue weighted by molar-refractivity contribution is 0.0974. The summed E-state index contributed by atoms with van der Waals surface area (Å²) in [6.45, 7) is 4.07. The molecule has 4 heterocycles. The molecule has 2 atom stereocenters. The van der Waals surface area contributed by atoms with Crippen molar-refractivity contribution < 1.29 is 9.84 Å². The fourth-order valence-electron chi connectivity index (χ4n) is 5.25. The Labute approximate surface area is 202 Å². The molecular formula is C24H25Cl2N5O2. The van der Waals surface area contributed by atoms with E-state index in [4.69, 9.17) is 33.7 Å². The highest BCUT2D eigenvalue weighted by molar-refractivity contribution is 6.43. The number of fused-ring (bicyclic) bond motifs is 1. The fourth-order valence-corrected chi connectivity index (χ4v) is 5.65. The van der Waals surface area contributed by atoms with Crippen LogP contribution in [0.5, 0.6) is 0 Å². The summed E-state index contributed by atoms with van der Waals surface area (Å²) in [5.74, 6) is 0.820. The van der Waals surface area contributed by atoms with Crippen LogP contribution in [-0.4, -0.2) is 46.3 Å². The molecular weight excluding hydrogens is 461 g/mol. The van der Waals surface area contributed by atoms with E-state index in [-0.39, 0.29) is 24.2 Å². The third-order valence-corrected chi connectivity index (χ3v) is 8.08. The Kier molecular flexibility index (Phi) is 5.76. The highest BCUT2D eigenvalue weighted by Gasteiger charge is 2.47. The summed E-state index contributed by atoms with van der Waals surface area (Å²) in [5, 5.41) is 20.9. The molecule has 33 heavy (non-hydrogen) atoms. The van der Waals surface area contributed by atoms with Crippen molar-refractivity contribution >= 4 is 34.7 Å². The first kappa shape index (κ1) is 22.5. The number of hydrogen-bond donors (Lipinski definition) is 2. The van der Waals surface area contributed by atoms with Crippen molar-refractivity contribution in [2.24, 2.45) is 11.1 Å². The minimum atomic E-state index is -0.184. The summed E-state index contributed by atoms with van der Waals surface area (Å²) < 4.78 is 7.77. The SMILES string of the molecule is CC1OCC2(CCN(c3cc(C#N)c(-c4cccc(Cl)c4Cl)c4ncc(CO)n34)CC2)C1N. The molecule has 1 spiro atoms. The molecule has 172 valence electrons. The Hall–Kier alpha value is -2.34. The molecule has 0 saturated carbocycles. The first-order chi connectivity index (χ1) is 15.9. The number of imidazole rings is 1. The molecule has 3 aromatic rings. The number of aliphatic hydroxyl groups excluding tert-OH is 1. The lowest BCUT2D eigenvalue weighted by Crippen LogP contribution is -2.51. The van der Waals surface area contributed by atoms with Gasteiger partial charge < -0.3 is 20.5 Å². The maximum atomic E-state index is 10.1. The quantitative estimate of drug-likeness (QED) is 0.581. The molecule has 0 aliphatic carbocycles. The van der Waals surface area contributed by atoms with Crippen LogP contribution < -0.4 is 10.6 Å². The van der Waals surface area contributed by atoms with Crippen LogP contribution in [0, 0.1) is 16.7 Å². The van der Waals surface area contributed by atoms with Crippen LogP contribution in [0.15, 0.2) is 30.5 Å². The third-order valence-electron chi connectivity index (χ3n) is 7.26. The average molecular weight is 486 g/mol. The molecule has 2 fully saturated rings. The van der Waals surface area contributed by atoms with E-state index < -0.39 is 0 Å². The van der Waals surface area contributed by atoms with Gasteiger partial charge in [-0.2, -0.15) is 5.26 Å². The Balaban J connectivity index is 1.62. The van der Waals surface area contributed by atoms with Crippen LogP contribution in [0.1, 0.15) is 31.0 Å². The molecule has 2 unspecified atom stereocenters. The molecule has 0 radical (unpaired) electrons. The topological polar surface area (TPSA) is 99.8 Å². The molecule has 2 aliphatic heterocycles. The number of aromatic nitrogens is 2. The molecule has 7 nitrogen and oxygen atoms in total. The lowest BCUT2D eigenvalue weighted by Gasteiger charge is -2.42. The Bertz CT molecular complexity index is 1260. The normalized spacial score (nSPS) is 22.2. The number of nitrogens with two attached hydrogens (primary N) is 1. The first-order valence-electron chi connectivity index (χ1n) is 11.0. The van der Waals surface area contributed by atoms with Crippen LogP contribution >= 0.6 is 23.2 Å². The standard InChI is InChI=1S/C24H25Cl2N5O2/c1-14-22(28)24(13-33-14)5-7-30(8-6-24)19-9-15(10-27)20(17-3-2-4-18(25)21(17)26)23-29-11-16(12-32)31(19)23/h2-4,9,11,14,22,32H,5-8,12-13,28H2,1H3. The predicted molar refractivity (Wildman–Crippen MR) is 129 cm³/mol. The summed E-state index contributed by atoms with van der Waals surface area (Å²) in [7, 11) is 0. The Morgan fingerprint density at radius 3 is 2.73 bits per heavy atom. The molecule has 5 rings (SSSR count). The van der Waals surface area contributed by atoms with Crippen molar-refractivity contribution in [2.75, 3.05) is 24.6 Å². The highest BCUT2D eigenvalue weighted by Crippen LogP contribution is 2.44. The van der Waals surface area contributed by atoms with Crippen molar-refractivity contribution in [3.8, 4) is 17.2 Å². The summed E-state index contributed by atoms with van der Waals surface area (Å²) in [6, 6.07) is 9.51. The van der Waals surface area contributed by atoms with E-state index in [0.717, 1.165) is 31.7 Å². The second kappa shape index (κ2) is 8.46. The van der Waals surface area contributed by atoms with Gasteiger partial charge in [0.05, 0.1) is 46.8 Å². The minimum absolute atomic E-state index is 0.0166. The van der Waals surface area contributed by atoms with Crippen molar-refractivity contribution in [3.63, 3.8) is 0 Å². The van der Waals surface area contributed by atoms with Gasteiger partial charge in [0.15, 0.2) is 0 Å². The van der Waals surface area contributed by atoms with Crippen molar-refractivity contribution in [1.82, 2.24) is 9.38 Å². The number of rotatable bonds is 3. The van der Waals surface area contributed by atoms with Crippen LogP contribution in [0.25, 0.3) is 16.8 Å². The van der Waals surface area contributed by atoms with E-state index in [0.29, 0.717) is 44.7 Å². The van der Waals surface area contributed by atoms with Gasteiger partial charge >= 0.3 is 0 Å². The number of ether oxygens (including phenoxy) is 1. The summed E-state index contributed by atoms with van der Waals surface area (Å²) in [6.07, 6.45) is 3.49. The number of benzene rings is 1. The van der Waals surface area contributed by atoms with Crippen LogP contribution in [0.4, 0.5) is 5.82 Å². The number of anilines is 1. The Morgan fingerprint density at radius 1 is 1.33 bits per heavy atom. The zero-order valence-corrected chi connectivity index (χ0v) is 19.8. The van der Waals surface area contributed by atoms with Crippen LogP contribution in [0.3, 0.4) is 0 Å². The predicted octanol–water partition coefficient (Wildman–Crippen LogP) is 4.00. The van der Waals surface area contributed by atoms with Gasteiger partial charge in [0.1, 0.15) is 17.5 Å². The van der Waals surface area contributed by atoms with Crippen molar-refractivity contribution in [1.29, 1.82) is 5.26 Å². The van der Waals surface area contributed by atoms with Gasteiger partial charge in [0, 0.05) is 35.7 Å². The lowest BCUT2D eigenvalue weighted by atomic mass is 9.73. The third kappa shape index (κ3) is 3.49. The van der Waals surface area contributed by atoms with Gasteiger partial charge in [-0.05, 0) is 31.9 Å². The number of halogens is 2. The highest BCUT2D eigenvalue weighted by atomic mass is 35.5. The van der Waals surface area contributed by atoms with Crippen molar-refractivity contribution in [3.05, 3.63) is 51.8 Å². The zero-order valence-electron chi connectivity index (χ0n) is 18.3. The number of nitriles is 1. The Morgan fingerprint density at radius 2 is 2.09 bits per heavy atom. The monoisotopic (exact) mass is 485 g/mol. The van der Waals surface area contributed by atoms with E-state index in [9.17, 15) is 10.4 Å². The molecule has 0 amide bonds. The first-order valence-corrected chi connectivity index (χ1v) is 11.8. The van der Waals surface area contributed by atoms with Gasteiger partial charge in [-0.15, -0.1) is 0 Å². The molecule has 2 aromatic heterocycles.